The van der Waals surface area contributed by atoms with E-state index < -0.39 is 0 Å². The molecule has 1 aromatic carbocycles. The lowest BCUT2D eigenvalue weighted by Gasteiger charge is -2.21. The molecule has 1 unspecified atom stereocenters. The van der Waals surface area contributed by atoms with Gasteiger partial charge < -0.3 is 9.73 Å². The third-order valence-corrected chi connectivity index (χ3v) is 4.99. The second kappa shape index (κ2) is 7.12. The van der Waals surface area contributed by atoms with Crippen LogP contribution in [-0.2, 0) is 0 Å². The van der Waals surface area contributed by atoms with Crippen LogP contribution in [0.4, 0.5) is 0 Å². The lowest BCUT2D eigenvalue weighted by atomic mass is 9.95. The molecule has 0 radical (unpaired) electrons. The molecular weight excluding hydrogens is 394 g/mol. The number of furan rings is 1. The van der Waals surface area contributed by atoms with E-state index in [0.717, 1.165) is 33.4 Å². The molecule has 0 amide bonds. The second-order valence-corrected chi connectivity index (χ2v) is 7.08. The van der Waals surface area contributed by atoms with Crippen molar-refractivity contribution in [3.8, 4) is 0 Å². The second-order valence-electron chi connectivity index (χ2n) is 5.31. The zero-order valence-corrected chi connectivity index (χ0v) is 16.1. The van der Waals surface area contributed by atoms with Crippen LogP contribution >= 0.6 is 31.9 Å². The van der Waals surface area contributed by atoms with Crippen LogP contribution in [0, 0.1) is 20.8 Å². The zero-order chi connectivity index (χ0) is 15.6. The first-order chi connectivity index (χ1) is 9.95. The van der Waals surface area contributed by atoms with E-state index in [0.29, 0.717) is 0 Å². The lowest BCUT2D eigenvalue weighted by molar-refractivity contribution is 0.492. The molecule has 2 nitrogen and oxygen atoms in total. The normalized spacial score (nSPS) is 12.7. The van der Waals surface area contributed by atoms with Gasteiger partial charge in [-0.2, -0.15) is 0 Å². The van der Waals surface area contributed by atoms with Crippen molar-refractivity contribution in [3.63, 3.8) is 0 Å². The molecule has 0 aliphatic rings. The fourth-order valence-electron chi connectivity index (χ4n) is 2.63. The number of hydrogen-bond acceptors (Lipinski definition) is 2. The van der Waals surface area contributed by atoms with Crippen LogP contribution in [0.5, 0.6) is 0 Å². The summed E-state index contributed by atoms with van der Waals surface area (Å²) in [4.78, 5) is 0. The highest BCUT2D eigenvalue weighted by Crippen LogP contribution is 2.36. The molecule has 0 fully saturated rings. The Balaban J connectivity index is 2.55. The van der Waals surface area contributed by atoms with Gasteiger partial charge in [0.15, 0.2) is 0 Å². The molecule has 1 N–H and O–H groups in total. The molecular formula is C17H21Br2NO. The highest BCUT2D eigenvalue weighted by Gasteiger charge is 2.24. The average molecular weight is 415 g/mol. The molecule has 1 heterocycles. The van der Waals surface area contributed by atoms with Gasteiger partial charge in [0, 0.05) is 14.5 Å². The van der Waals surface area contributed by atoms with Gasteiger partial charge in [-0.25, -0.2) is 0 Å². The first-order valence-electron chi connectivity index (χ1n) is 7.20. The number of halogens is 2. The van der Waals surface area contributed by atoms with Gasteiger partial charge in [0.25, 0.3) is 0 Å². The highest BCUT2D eigenvalue weighted by molar-refractivity contribution is 9.11. The number of hydrogen-bond donors (Lipinski definition) is 1. The SMILES string of the molecule is CCCNC(c1cc(Br)ccc1Br)c1c(C)oc(C)c1C. The Morgan fingerprint density at radius 2 is 1.86 bits per heavy atom. The van der Waals surface area contributed by atoms with Crippen LogP contribution in [0.15, 0.2) is 31.6 Å². The first kappa shape index (κ1) is 16.8. The smallest absolute Gasteiger partial charge is 0.106 e. The largest absolute Gasteiger partial charge is 0.466 e. The summed E-state index contributed by atoms with van der Waals surface area (Å²) in [5.74, 6) is 1.99. The van der Waals surface area contributed by atoms with Gasteiger partial charge in [0.1, 0.15) is 11.5 Å². The maximum absolute atomic E-state index is 5.83. The average Bonchev–Trinajstić information content (AvgIpc) is 2.69. The predicted molar refractivity (Wildman–Crippen MR) is 94.9 cm³/mol. The van der Waals surface area contributed by atoms with Gasteiger partial charge in [-0.05, 0) is 63.1 Å². The lowest BCUT2D eigenvalue weighted by Crippen LogP contribution is -2.24. The Hall–Kier alpha value is -0.580. The summed E-state index contributed by atoms with van der Waals surface area (Å²) in [7, 11) is 0. The van der Waals surface area contributed by atoms with Gasteiger partial charge >= 0.3 is 0 Å². The summed E-state index contributed by atoms with van der Waals surface area (Å²) in [6, 6.07) is 6.43. The Morgan fingerprint density at radius 1 is 1.14 bits per heavy atom. The topological polar surface area (TPSA) is 25.2 Å². The fourth-order valence-corrected chi connectivity index (χ4v) is 3.48. The van der Waals surface area contributed by atoms with Crippen molar-refractivity contribution in [2.24, 2.45) is 0 Å². The summed E-state index contributed by atoms with van der Waals surface area (Å²) in [5.41, 5.74) is 3.71. The quantitative estimate of drug-likeness (QED) is 0.666. The molecule has 2 aromatic rings. The van der Waals surface area contributed by atoms with E-state index in [-0.39, 0.29) is 6.04 Å². The third kappa shape index (κ3) is 3.61. The van der Waals surface area contributed by atoms with Crippen LogP contribution in [-0.4, -0.2) is 6.54 Å². The fraction of sp³-hybridized carbons (Fsp3) is 0.412. The van der Waals surface area contributed by atoms with Crippen molar-refractivity contribution in [3.05, 3.63) is 55.4 Å². The molecule has 114 valence electrons. The summed E-state index contributed by atoms with van der Waals surface area (Å²) >= 11 is 7.26. The van der Waals surface area contributed by atoms with E-state index in [1.165, 1.54) is 16.7 Å². The Labute approximate surface area is 143 Å². The summed E-state index contributed by atoms with van der Waals surface area (Å²) in [6.07, 6.45) is 1.09. The predicted octanol–water partition coefficient (Wildman–Crippen LogP) is 5.82. The monoisotopic (exact) mass is 413 g/mol. The van der Waals surface area contributed by atoms with E-state index in [2.05, 4.69) is 63.2 Å². The standard InChI is InChI=1S/C17H21Br2NO/c1-5-8-20-17(14-9-13(18)6-7-15(14)19)16-10(2)11(3)21-12(16)4/h6-7,9,17,20H,5,8H2,1-4H3. The van der Waals surface area contributed by atoms with Crippen molar-refractivity contribution < 1.29 is 4.42 Å². The van der Waals surface area contributed by atoms with Crippen molar-refractivity contribution in [2.75, 3.05) is 6.54 Å². The molecule has 0 spiro atoms. The van der Waals surface area contributed by atoms with E-state index in [1.807, 2.05) is 19.9 Å². The molecule has 1 atom stereocenters. The van der Waals surface area contributed by atoms with Gasteiger partial charge in [-0.1, -0.05) is 38.8 Å². The third-order valence-electron chi connectivity index (χ3n) is 3.77. The first-order valence-corrected chi connectivity index (χ1v) is 8.79. The zero-order valence-electron chi connectivity index (χ0n) is 12.9. The van der Waals surface area contributed by atoms with E-state index >= 15 is 0 Å². The summed E-state index contributed by atoms with van der Waals surface area (Å²) < 4.78 is 8.02. The molecule has 4 heteroatoms. The Bertz CT molecular complexity index is 634. The minimum Gasteiger partial charge on any atom is -0.466 e. The number of rotatable bonds is 5. The van der Waals surface area contributed by atoms with E-state index in [1.54, 1.807) is 0 Å². The van der Waals surface area contributed by atoms with Crippen molar-refractivity contribution in [2.45, 2.75) is 40.2 Å². The molecule has 2 rings (SSSR count). The van der Waals surface area contributed by atoms with Crippen molar-refractivity contribution >= 4 is 31.9 Å². The molecule has 1 aromatic heterocycles. The van der Waals surface area contributed by atoms with Gasteiger partial charge in [0.05, 0.1) is 6.04 Å². The maximum Gasteiger partial charge on any atom is 0.106 e. The Morgan fingerprint density at radius 3 is 2.43 bits per heavy atom. The van der Waals surface area contributed by atoms with Crippen LogP contribution in [0.1, 0.15) is 47.6 Å². The molecule has 21 heavy (non-hydrogen) atoms. The minimum atomic E-state index is 0.134. The Kier molecular flexibility index (Phi) is 5.69. The van der Waals surface area contributed by atoms with Crippen molar-refractivity contribution in [1.82, 2.24) is 5.32 Å². The number of nitrogens with one attached hydrogen (secondary N) is 1. The molecule has 0 aliphatic carbocycles. The van der Waals surface area contributed by atoms with E-state index in [9.17, 15) is 0 Å². The van der Waals surface area contributed by atoms with Gasteiger partial charge in [-0.15, -0.1) is 0 Å². The van der Waals surface area contributed by atoms with Crippen LogP contribution < -0.4 is 5.32 Å². The van der Waals surface area contributed by atoms with Gasteiger partial charge in [-0.3, -0.25) is 0 Å². The van der Waals surface area contributed by atoms with E-state index in [4.69, 9.17) is 4.42 Å². The minimum absolute atomic E-state index is 0.134. The molecule has 0 saturated carbocycles. The summed E-state index contributed by atoms with van der Waals surface area (Å²) in [5, 5.41) is 3.65. The van der Waals surface area contributed by atoms with Crippen LogP contribution in [0.3, 0.4) is 0 Å². The summed E-state index contributed by atoms with van der Waals surface area (Å²) in [6.45, 7) is 9.35. The van der Waals surface area contributed by atoms with Crippen LogP contribution in [0.2, 0.25) is 0 Å². The van der Waals surface area contributed by atoms with Crippen molar-refractivity contribution in [1.29, 1.82) is 0 Å². The highest BCUT2D eigenvalue weighted by atomic mass is 79.9. The number of aryl methyl sites for hydroxylation is 2. The molecule has 0 bridgehead atoms. The van der Waals surface area contributed by atoms with Gasteiger partial charge in [0.2, 0.25) is 0 Å². The van der Waals surface area contributed by atoms with Crippen LogP contribution in [0.25, 0.3) is 0 Å². The maximum atomic E-state index is 5.83. The molecule has 0 aliphatic heterocycles. The number of benzene rings is 1. The molecule has 0 saturated heterocycles.